The highest BCUT2D eigenvalue weighted by Gasteiger charge is 2.16. The van der Waals surface area contributed by atoms with Gasteiger partial charge in [-0.1, -0.05) is 0 Å². The quantitative estimate of drug-likeness (QED) is 0.680. The van der Waals surface area contributed by atoms with Gasteiger partial charge < -0.3 is 10.6 Å². The summed E-state index contributed by atoms with van der Waals surface area (Å²) in [7, 11) is 0. The molecule has 0 bridgehead atoms. The third-order valence-corrected chi connectivity index (χ3v) is 2.95. The van der Waals surface area contributed by atoms with Gasteiger partial charge in [0, 0.05) is 6.04 Å². The first-order chi connectivity index (χ1) is 5.74. The average Bonchev–Trinajstić information content (AvgIpc) is 2.28. The van der Waals surface area contributed by atoms with Crippen molar-refractivity contribution in [2.45, 2.75) is 39.2 Å². The lowest BCUT2D eigenvalue weighted by molar-refractivity contribution is 0.228. The Morgan fingerprint density at radius 1 is 1.33 bits per heavy atom. The Morgan fingerprint density at radius 3 is 2.67 bits per heavy atom. The molecular weight excluding hydrogens is 148 g/mol. The van der Waals surface area contributed by atoms with Crippen LogP contribution in [0.5, 0.6) is 0 Å². The van der Waals surface area contributed by atoms with E-state index in [1.54, 1.807) is 0 Å². The predicted octanol–water partition coefficient (Wildman–Crippen LogP) is 1.46. The van der Waals surface area contributed by atoms with Gasteiger partial charge in [0.2, 0.25) is 0 Å². The van der Waals surface area contributed by atoms with Crippen molar-refractivity contribution in [2.75, 3.05) is 19.6 Å². The number of nitrogens with two attached hydrogens (primary N) is 1. The molecule has 1 atom stereocenters. The van der Waals surface area contributed by atoms with E-state index in [2.05, 4.69) is 18.7 Å². The van der Waals surface area contributed by atoms with Crippen molar-refractivity contribution in [2.24, 2.45) is 11.7 Å². The Labute approximate surface area is 76.1 Å². The molecule has 0 saturated carbocycles. The SMILES string of the molecule is CC(C)N1CCCC(CN)CC1. The fraction of sp³-hybridized carbons (Fsp3) is 1.00. The van der Waals surface area contributed by atoms with E-state index in [-0.39, 0.29) is 0 Å². The second-order valence-electron chi connectivity index (χ2n) is 4.16. The summed E-state index contributed by atoms with van der Waals surface area (Å²) in [4.78, 5) is 2.57. The van der Waals surface area contributed by atoms with Gasteiger partial charge in [0.05, 0.1) is 0 Å². The third kappa shape index (κ3) is 2.76. The molecule has 0 aliphatic carbocycles. The molecule has 72 valence electrons. The zero-order valence-corrected chi connectivity index (χ0v) is 8.42. The summed E-state index contributed by atoms with van der Waals surface area (Å²) in [5.41, 5.74) is 5.68. The fourth-order valence-corrected chi connectivity index (χ4v) is 1.94. The van der Waals surface area contributed by atoms with Crippen molar-refractivity contribution in [3.05, 3.63) is 0 Å². The minimum atomic E-state index is 0.710. The molecule has 0 aromatic carbocycles. The molecule has 1 aliphatic heterocycles. The lowest BCUT2D eigenvalue weighted by atomic mass is 10.0. The van der Waals surface area contributed by atoms with Crippen LogP contribution in [0.3, 0.4) is 0 Å². The van der Waals surface area contributed by atoms with Gasteiger partial charge in [0.1, 0.15) is 0 Å². The summed E-state index contributed by atoms with van der Waals surface area (Å²) in [5.74, 6) is 0.786. The lowest BCUT2D eigenvalue weighted by Crippen LogP contribution is -2.31. The molecule has 0 radical (unpaired) electrons. The van der Waals surface area contributed by atoms with Gasteiger partial charge in [0.15, 0.2) is 0 Å². The van der Waals surface area contributed by atoms with E-state index < -0.39 is 0 Å². The zero-order valence-electron chi connectivity index (χ0n) is 8.42. The molecule has 1 saturated heterocycles. The summed E-state index contributed by atoms with van der Waals surface area (Å²) in [6.45, 7) is 7.96. The van der Waals surface area contributed by atoms with Crippen LogP contribution in [-0.4, -0.2) is 30.6 Å². The van der Waals surface area contributed by atoms with Crippen LogP contribution >= 0.6 is 0 Å². The van der Waals surface area contributed by atoms with E-state index >= 15 is 0 Å². The van der Waals surface area contributed by atoms with Crippen molar-refractivity contribution in [3.63, 3.8) is 0 Å². The summed E-state index contributed by atoms with van der Waals surface area (Å²) in [6.07, 6.45) is 3.97. The van der Waals surface area contributed by atoms with Crippen LogP contribution in [0, 0.1) is 5.92 Å². The Bertz CT molecular complexity index is 123. The number of hydrogen-bond donors (Lipinski definition) is 1. The van der Waals surface area contributed by atoms with Gasteiger partial charge in [0.25, 0.3) is 0 Å². The third-order valence-electron chi connectivity index (χ3n) is 2.95. The van der Waals surface area contributed by atoms with Gasteiger partial charge in [-0.3, -0.25) is 0 Å². The summed E-state index contributed by atoms with van der Waals surface area (Å²) < 4.78 is 0. The Morgan fingerprint density at radius 2 is 2.08 bits per heavy atom. The standard InChI is InChI=1S/C10H22N2/c1-9(2)12-6-3-4-10(8-11)5-7-12/h9-10H,3-8,11H2,1-2H3. The topological polar surface area (TPSA) is 29.3 Å². The first-order valence-corrected chi connectivity index (χ1v) is 5.18. The van der Waals surface area contributed by atoms with Gasteiger partial charge in [-0.05, 0) is 58.7 Å². The fourth-order valence-electron chi connectivity index (χ4n) is 1.94. The minimum absolute atomic E-state index is 0.710. The maximum Gasteiger partial charge on any atom is 0.00385 e. The van der Waals surface area contributed by atoms with Gasteiger partial charge >= 0.3 is 0 Å². The molecular formula is C10H22N2. The van der Waals surface area contributed by atoms with Gasteiger partial charge in [-0.15, -0.1) is 0 Å². The first-order valence-electron chi connectivity index (χ1n) is 5.18. The molecule has 0 spiro atoms. The van der Waals surface area contributed by atoms with Crippen LogP contribution in [0.2, 0.25) is 0 Å². The molecule has 0 aromatic heterocycles. The number of likely N-dealkylation sites (tertiary alicyclic amines) is 1. The van der Waals surface area contributed by atoms with Crippen molar-refractivity contribution < 1.29 is 0 Å². The molecule has 1 fully saturated rings. The van der Waals surface area contributed by atoms with E-state index in [1.807, 2.05) is 0 Å². The smallest absolute Gasteiger partial charge is 0.00385 e. The summed E-state index contributed by atoms with van der Waals surface area (Å²) in [6, 6.07) is 0.710. The highest BCUT2D eigenvalue weighted by molar-refractivity contribution is 4.72. The van der Waals surface area contributed by atoms with E-state index in [9.17, 15) is 0 Å². The maximum absolute atomic E-state index is 5.68. The van der Waals surface area contributed by atoms with Crippen molar-refractivity contribution in [3.8, 4) is 0 Å². The molecule has 0 aromatic rings. The van der Waals surface area contributed by atoms with Crippen molar-refractivity contribution in [1.82, 2.24) is 4.90 Å². The first kappa shape index (κ1) is 10.0. The van der Waals surface area contributed by atoms with Crippen LogP contribution in [0.25, 0.3) is 0 Å². The summed E-state index contributed by atoms with van der Waals surface area (Å²) >= 11 is 0. The molecule has 2 heteroatoms. The molecule has 1 aliphatic rings. The zero-order chi connectivity index (χ0) is 8.97. The van der Waals surface area contributed by atoms with Crippen LogP contribution in [-0.2, 0) is 0 Å². The van der Waals surface area contributed by atoms with Crippen LogP contribution in [0.1, 0.15) is 33.1 Å². The molecule has 2 N–H and O–H groups in total. The number of nitrogens with zero attached hydrogens (tertiary/aromatic N) is 1. The maximum atomic E-state index is 5.68. The lowest BCUT2D eigenvalue weighted by Gasteiger charge is -2.24. The summed E-state index contributed by atoms with van der Waals surface area (Å²) in [5, 5.41) is 0. The second-order valence-corrected chi connectivity index (χ2v) is 4.16. The predicted molar refractivity (Wildman–Crippen MR) is 53.1 cm³/mol. The number of hydrogen-bond acceptors (Lipinski definition) is 2. The monoisotopic (exact) mass is 170 g/mol. The van der Waals surface area contributed by atoms with E-state index in [0.29, 0.717) is 6.04 Å². The highest BCUT2D eigenvalue weighted by Crippen LogP contribution is 2.17. The molecule has 1 heterocycles. The van der Waals surface area contributed by atoms with Crippen LogP contribution in [0.15, 0.2) is 0 Å². The molecule has 2 nitrogen and oxygen atoms in total. The van der Waals surface area contributed by atoms with Gasteiger partial charge in [-0.25, -0.2) is 0 Å². The Hall–Kier alpha value is -0.0800. The van der Waals surface area contributed by atoms with E-state index in [4.69, 9.17) is 5.73 Å². The molecule has 0 amide bonds. The van der Waals surface area contributed by atoms with Crippen molar-refractivity contribution in [1.29, 1.82) is 0 Å². The Balaban J connectivity index is 2.34. The highest BCUT2D eigenvalue weighted by atomic mass is 15.1. The minimum Gasteiger partial charge on any atom is -0.330 e. The largest absolute Gasteiger partial charge is 0.330 e. The van der Waals surface area contributed by atoms with Crippen LogP contribution < -0.4 is 5.73 Å². The van der Waals surface area contributed by atoms with E-state index in [0.717, 1.165) is 12.5 Å². The number of rotatable bonds is 2. The average molecular weight is 170 g/mol. The molecule has 1 unspecified atom stereocenters. The van der Waals surface area contributed by atoms with Gasteiger partial charge in [-0.2, -0.15) is 0 Å². The second kappa shape index (κ2) is 4.83. The van der Waals surface area contributed by atoms with E-state index in [1.165, 1.54) is 32.4 Å². The molecule has 12 heavy (non-hydrogen) atoms. The normalized spacial score (nSPS) is 27.5. The van der Waals surface area contributed by atoms with Crippen molar-refractivity contribution >= 4 is 0 Å². The van der Waals surface area contributed by atoms with Crippen LogP contribution in [0.4, 0.5) is 0 Å². The Kier molecular flexibility index (Phi) is 4.02. The molecule has 1 rings (SSSR count).